The van der Waals surface area contributed by atoms with Gasteiger partial charge in [0.25, 0.3) is 5.56 Å². The highest BCUT2D eigenvalue weighted by Crippen LogP contribution is 2.34. The fourth-order valence-electron chi connectivity index (χ4n) is 2.32. The number of thiophene rings is 2. The van der Waals surface area contributed by atoms with E-state index >= 15 is 0 Å². The zero-order chi connectivity index (χ0) is 18.0. The van der Waals surface area contributed by atoms with Gasteiger partial charge in [-0.25, -0.2) is 4.98 Å². The Balaban J connectivity index is 1.90. The molecular formula is C16H16N4O3S2. The summed E-state index contributed by atoms with van der Waals surface area (Å²) in [4.78, 5) is 43.0. The maximum absolute atomic E-state index is 12.8. The third kappa shape index (κ3) is 3.62. The number of hydrogen-bond donors (Lipinski definition) is 2. The normalized spacial score (nSPS) is 10.8. The summed E-state index contributed by atoms with van der Waals surface area (Å²) in [7, 11) is 1.49. The second kappa shape index (κ2) is 7.16. The van der Waals surface area contributed by atoms with Gasteiger partial charge in [0.15, 0.2) is 0 Å². The second-order valence-electron chi connectivity index (χ2n) is 5.37. The molecule has 0 spiro atoms. The Morgan fingerprint density at radius 1 is 1.28 bits per heavy atom. The summed E-state index contributed by atoms with van der Waals surface area (Å²) < 4.78 is 1.26. The van der Waals surface area contributed by atoms with Crippen LogP contribution in [0.1, 0.15) is 4.88 Å². The molecule has 0 fully saturated rings. The second-order valence-corrected chi connectivity index (χ2v) is 7.51. The molecule has 3 aromatic heterocycles. The maximum atomic E-state index is 12.8. The van der Waals surface area contributed by atoms with Crippen LogP contribution in [0.25, 0.3) is 20.7 Å². The Morgan fingerprint density at radius 2 is 2.08 bits per heavy atom. The predicted octanol–water partition coefficient (Wildman–Crippen LogP) is 1.36. The molecule has 0 bridgehead atoms. The van der Waals surface area contributed by atoms with Crippen molar-refractivity contribution in [1.82, 2.24) is 20.2 Å². The minimum absolute atomic E-state index is 0.127. The van der Waals surface area contributed by atoms with Gasteiger partial charge < -0.3 is 10.6 Å². The maximum Gasteiger partial charge on any atom is 0.263 e. The first-order chi connectivity index (χ1) is 12.0. The number of amides is 2. The van der Waals surface area contributed by atoms with Gasteiger partial charge >= 0.3 is 0 Å². The van der Waals surface area contributed by atoms with Crippen LogP contribution in [-0.4, -0.2) is 35.0 Å². The van der Waals surface area contributed by atoms with Crippen LogP contribution in [0.15, 0.2) is 28.6 Å². The van der Waals surface area contributed by atoms with Crippen LogP contribution in [0.3, 0.4) is 0 Å². The number of likely N-dealkylation sites (N-methyl/N-ethyl adjacent to an activating group) is 1. The van der Waals surface area contributed by atoms with Crippen molar-refractivity contribution < 1.29 is 9.59 Å². The Hall–Kier alpha value is -2.52. The molecule has 9 heteroatoms. The Labute approximate surface area is 151 Å². The van der Waals surface area contributed by atoms with Crippen LogP contribution in [0.2, 0.25) is 0 Å². The summed E-state index contributed by atoms with van der Waals surface area (Å²) in [5.41, 5.74) is 0.582. The topological polar surface area (TPSA) is 93.1 Å². The molecule has 0 saturated carbocycles. The minimum atomic E-state index is -0.421. The third-order valence-corrected chi connectivity index (χ3v) is 5.53. The average molecular weight is 376 g/mol. The number of nitrogens with one attached hydrogen (secondary N) is 2. The van der Waals surface area contributed by atoms with E-state index in [9.17, 15) is 14.4 Å². The third-order valence-electron chi connectivity index (χ3n) is 3.61. The van der Waals surface area contributed by atoms with Gasteiger partial charge in [-0.05, 0) is 19.1 Å². The van der Waals surface area contributed by atoms with Gasteiger partial charge in [-0.1, -0.05) is 0 Å². The van der Waals surface area contributed by atoms with Crippen molar-refractivity contribution in [3.8, 4) is 10.4 Å². The molecule has 0 aliphatic carbocycles. The molecule has 0 atom stereocenters. The predicted molar refractivity (Wildman–Crippen MR) is 99.0 cm³/mol. The van der Waals surface area contributed by atoms with Crippen molar-refractivity contribution >= 4 is 44.7 Å². The number of rotatable bonds is 5. The lowest BCUT2D eigenvalue weighted by atomic mass is 10.2. The van der Waals surface area contributed by atoms with Crippen molar-refractivity contribution in [1.29, 1.82) is 0 Å². The lowest BCUT2D eigenvalue weighted by Crippen LogP contribution is -2.38. The number of carbonyl (C=O) groups excluding carboxylic acids is 2. The van der Waals surface area contributed by atoms with E-state index < -0.39 is 5.91 Å². The Morgan fingerprint density at radius 3 is 2.76 bits per heavy atom. The molecule has 0 aliphatic rings. The molecule has 7 nitrogen and oxygen atoms in total. The van der Waals surface area contributed by atoms with Gasteiger partial charge in [0.05, 0.1) is 18.3 Å². The highest BCUT2D eigenvalue weighted by molar-refractivity contribution is 7.19. The van der Waals surface area contributed by atoms with Crippen LogP contribution in [-0.2, 0) is 16.1 Å². The zero-order valence-electron chi connectivity index (χ0n) is 13.7. The fraction of sp³-hybridized carbons (Fsp3) is 0.250. The van der Waals surface area contributed by atoms with Gasteiger partial charge in [-0.2, -0.15) is 0 Å². The van der Waals surface area contributed by atoms with Crippen molar-refractivity contribution in [3.63, 3.8) is 0 Å². The Kier molecular flexibility index (Phi) is 4.95. The van der Waals surface area contributed by atoms with Gasteiger partial charge in [-0.15, -0.1) is 22.7 Å². The van der Waals surface area contributed by atoms with Crippen LogP contribution in [0.4, 0.5) is 0 Å². The molecule has 0 saturated heterocycles. The first-order valence-corrected chi connectivity index (χ1v) is 9.20. The van der Waals surface area contributed by atoms with E-state index in [0.29, 0.717) is 10.2 Å². The number of fused-ring (bicyclic) bond motifs is 1. The molecule has 25 heavy (non-hydrogen) atoms. The number of nitrogens with zero attached hydrogens (tertiary/aromatic N) is 2. The Bertz CT molecular complexity index is 1000. The van der Waals surface area contributed by atoms with Gasteiger partial charge in [-0.3, -0.25) is 19.0 Å². The number of hydrogen-bond acceptors (Lipinski definition) is 6. The summed E-state index contributed by atoms with van der Waals surface area (Å²) in [5.74, 6) is -0.724. The van der Waals surface area contributed by atoms with Crippen LogP contribution >= 0.6 is 22.7 Å². The molecule has 0 aromatic carbocycles. The standard InChI is InChI=1S/C16H16N4O3S2/c1-9-3-4-11(25-9)10-7-24-15-14(10)16(23)20(8-19-15)6-13(22)18-5-12(21)17-2/h3-4,7-8H,5-6H2,1-2H3,(H,17,21)(H,18,22). The summed E-state index contributed by atoms with van der Waals surface area (Å²) in [6.45, 7) is 1.70. The van der Waals surface area contributed by atoms with E-state index in [0.717, 1.165) is 15.3 Å². The quantitative estimate of drug-likeness (QED) is 0.703. The first kappa shape index (κ1) is 17.3. The molecule has 3 heterocycles. The van der Waals surface area contributed by atoms with Gasteiger partial charge in [0.1, 0.15) is 11.4 Å². The molecule has 0 radical (unpaired) electrons. The molecule has 3 aromatic rings. The monoisotopic (exact) mass is 376 g/mol. The number of aryl methyl sites for hydroxylation is 1. The van der Waals surface area contributed by atoms with E-state index in [2.05, 4.69) is 15.6 Å². The average Bonchev–Trinajstić information content (AvgIpc) is 3.21. The van der Waals surface area contributed by atoms with E-state index in [4.69, 9.17) is 0 Å². The summed E-state index contributed by atoms with van der Waals surface area (Å²) >= 11 is 3.02. The van der Waals surface area contributed by atoms with Crippen LogP contribution < -0.4 is 16.2 Å². The van der Waals surface area contributed by atoms with E-state index in [1.165, 1.54) is 29.3 Å². The minimum Gasteiger partial charge on any atom is -0.358 e. The zero-order valence-corrected chi connectivity index (χ0v) is 15.3. The molecule has 2 N–H and O–H groups in total. The van der Waals surface area contributed by atoms with Gasteiger partial charge in [0.2, 0.25) is 11.8 Å². The van der Waals surface area contributed by atoms with Crippen molar-refractivity contribution in [3.05, 3.63) is 39.1 Å². The number of aromatic nitrogens is 2. The summed E-state index contributed by atoms with van der Waals surface area (Å²) in [6, 6.07) is 3.99. The molecular weight excluding hydrogens is 360 g/mol. The van der Waals surface area contributed by atoms with Crippen LogP contribution in [0.5, 0.6) is 0 Å². The highest BCUT2D eigenvalue weighted by atomic mass is 32.1. The molecule has 0 unspecified atom stereocenters. The van der Waals surface area contributed by atoms with E-state index in [-0.39, 0.29) is 24.6 Å². The van der Waals surface area contributed by atoms with Crippen LogP contribution in [0, 0.1) is 6.92 Å². The molecule has 2 amide bonds. The lowest BCUT2D eigenvalue weighted by molar-refractivity contribution is -0.126. The lowest BCUT2D eigenvalue weighted by Gasteiger charge is -2.07. The largest absolute Gasteiger partial charge is 0.358 e. The van der Waals surface area contributed by atoms with Gasteiger partial charge in [0, 0.05) is 27.7 Å². The van der Waals surface area contributed by atoms with Crippen molar-refractivity contribution in [2.75, 3.05) is 13.6 Å². The number of carbonyl (C=O) groups is 2. The van der Waals surface area contributed by atoms with Crippen molar-refractivity contribution in [2.45, 2.75) is 13.5 Å². The SMILES string of the molecule is CNC(=O)CNC(=O)Cn1cnc2scc(-c3ccc(C)s3)c2c1=O. The molecule has 3 rings (SSSR count). The highest BCUT2D eigenvalue weighted by Gasteiger charge is 2.15. The molecule has 0 aliphatic heterocycles. The van der Waals surface area contributed by atoms with E-state index in [1.807, 2.05) is 24.4 Å². The summed E-state index contributed by atoms with van der Waals surface area (Å²) in [6.07, 6.45) is 1.37. The van der Waals surface area contributed by atoms with E-state index in [1.54, 1.807) is 11.3 Å². The summed E-state index contributed by atoms with van der Waals surface area (Å²) in [5, 5.41) is 7.32. The van der Waals surface area contributed by atoms with Crippen molar-refractivity contribution in [2.24, 2.45) is 0 Å². The first-order valence-electron chi connectivity index (χ1n) is 7.50. The molecule has 130 valence electrons. The fourth-order valence-corrected chi connectivity index (χ4v) is 4.18. The smallest absolute Gasteiger partial charge is 0.263 e.